The molecule has 0 aliphatic carbocycles. The zero-order valence-corrected chi connectivity index (χ0v) is 15.9. The van der Waals surface area contributed by atoms with Gasteiger partial charge >= 0.3 is 5.69 Å². The molecule has 1 N–H and O–H groups in total. The minimum Gasteiger partial charge on any atom is -0.497 e. The summed E-state index contributed by atoms with van der Waals surface area (Å²) in [5.74, 6) is 0.581. The van der Waals surface area contributed by atoms with Crippen LogP contribution in [0.2, 0.25) is 0 Å². The third kappa shape index (κ3) is 4.16. The van der Waals surface area contributed by atoms with E-state index in [1.165, 1.54) is 4.57 Å². The van der Waals surface area contributed by atoms with Gasteiger partial charge in [0, 0.05) is 11.4 Å². The average Bonchev–Trinajstić information content (AvgIpc) is 2.63. The molecule has 1 amide bonds. The van der Waals surface area contributed by atoms with Gasteiger partial charge in [-0.05, 0) is 61.4 Å². The minimum absolute atomic E-state index is 0.0485. The molecule has 0 aliphatic heterocycles. The summed E-state index contributed by atoms with van der Waals surface area (Å²) in [6, 6.07) is 13.5. The van der Waals surface area contributed by atoms with Crippen LogP contribution in [0.1, 0.15) is 29.9 Å². The first-order chi connectivity index (χ1) is 12.9. The lowest BCUT2D eigenvalue weighted by Crippen LogP contribution is -2.35. The zero-order chi connectivity index (χ0) is 19.6. The molecule has 6 nitrogen and oxygen atoms in total. The summed E-state index contributed by atoms with van der Waals surface area (Å²) in [5, 5.41) is 5.10. The molecular weight excluding hydrogens is 342 g/mol. The molecule has 0 radical (unpaired) electrons. The lowest BCUT2D eigenvalue weighted by molar-refractivity contribution is -0.122. The molecule has 1 heterocycles. The van der Waals surface area contributed by atoms with Crippen LogP contribution in [-0.2, 0) is 11.3 Å². The van der Waals surface area contributed by atoms with Crippen molar-refractivity contribution in [1.82, 2.24) is 14.9 Å². The van der Waals surface area contributed by atoms with Gasteiger partial charge in [-0.15, -0.1) is 0 Å². The van der Waals surface area contributed by atoms with Crippen LogP contribution in [0.25, 0.3) is 10.8 Å². The lowest BCUT2D eigenvalue weighted by Gasteiger charge is -2.16. The summed E-state index contributed by atoms with van der Waals surface area (Å²) in [6.07, 6.45) is 0. The summed E-state index contributed by atoms with van der Waals surface area (Å²) in [7, 11) is 1.64. The van der Waals surface area contributed by atoms with Gasteiger partial charge in [-0.25, -0.2) is 4.79 Å². The number of nitrogens with one attached hydrogen (secondary N) is 1. The van der Waals surface area contributed by atoms with Crippen molar-refractivity contribution in [3.05, 3.63) is 69.9 Å². The molecule has 3 aromatic rings. The summed E-state index contributed by atoms with van der Waals surface area (Å²) >= 11 is 0. The molecule has 140 valence electrons. The summed E-state index contributed by atoms with van der Waals surface area (Å²) in [4.78, 5) is 28.3. The second-order valence-electron chi connectivity index (χ2n) is 6.67. The predicted molar refractivity (Wildman–Crippen MR) is 105 cm³/mol. The number of amides is 1. The van der Waals surface area contributed by atoms with E-state index < -0.39 is 5.69 Å². The normalized spacial score (nSPS) is 12.0. The Balaban J connectivity index is 1.75. The number of hydrogen-bond donors (Lipinski definition) is 1. The monoisotopic (exact) mass is 365 g/mol. The number of aryl methyl sites for hydroxylation is 2. The first kappa shape index (κ1) is 18.6. The van der Waals surface area contributed by atoms with Crippen LogP contribution in [0, 0.1) is 13.8 Å². The molecular formula is C21H23N3O3. The average molecular weight is 365 g/mol. The van der Waals surface area contributed by atoms with Gasteiger partial charge in [-0.1, -0.05) is 18.2 Å². The number of benzene rings is 2. The number of carbonyl (C=O) groups excluding carboxylic acids is 1. The first-order valence-electron chi connectivity index (χ1n) is 8.79. The third-order valence-electron chi connectivity index (χ3n) is 4.60. The van der Waals surface area contributed by atoms with Gasteiger partial charge in [-0.3, -0.25) is 9.36 Å². The van der Waals surface area contributed by atoms with E-state index in [9.17, 15) is 9.59 Å². The van der Waals surface area contributed by atoms with Gasteiger partial charge in [0.1, 0.15) is 12.3 Å². The predicted octanol–water partition coefficient (Wildman–Crippen LogP) is 2.90. The Bertz CT molecular complexity index is 1060. The van der Waals surface area contributed by atoms with E-state index in [-0.39, 0.29) is 18.5 Å². The molecule has 0 saturated carbocycles. The smallest absolute Gasteiger partial charge is 0.348 e. The van der Waals surface area contributed by atoms with Crippen molar-refractivity contribution < 1.29 is 9.53 Å². The van der Waals surface area contributed by atoms with Crippen molar-refractivity contribution in [2.45, 2.75) is 33.4 Å². The fourth-order valence-electron chi connectivity index (χ4n) is 3.12. The topological polar surface area (TPSA) is 73.2 Å². The molecule has 0 saturated heterocycles. The van der Waals surface area contributed by atoms with Gasteiger partial charge in [0.25, 0.3) is 0 Å². The van der Waals surface area contributed by atoms with Crippen LogP contribution >= 0.6 is 0 Å². The number of hydrogen-bond acceptors (Lipinski definition) is 4. The van der Waals surface area contributed by atoms with Crippen molar-refractivity contribution in [2.24, 2.45) is 0 Å². The third-order valence-corrected chi connectivity index (χ3v) is 4.60. The van der Waals surface area contributed by atoms with Crippen molar-refractivity contribution in [2.75, 3.05) is 7.11 Å². The van der Waals surface area contributed by atoms with E-state index in [0.717, 1.165) is 27.8 Å². The summed E-state index contributed by atoms with van der Waals surface area (Å²) in [5.41, 5.74) is 1.95. The van der Waals surface area contributed by atoms with E-state index in [2.05, 4.69) is 10.3 Å². The quantitative estimate of drug-likeness (QED) is 0.754. The lowest BCUT2D eigenvalue weighted by atomic mass is 10.0. The van der Waals surface area contributed by atoms with E-state index in [4.69, 9.17) is 4.74 Å². The van der Waals surface area contributed by atoms with Crippen molar-refractivity contribution in [3.8, 4) is 5.75 Å². The SMILES string of the molecule is COc1ccc2cc(C(C)NC(=O)Cn3c(C)cc(C)nc3=O)ccc2c1. The number of fused-ring (bicyclic) bond motifs is 1. The highest BCUT2D eigenvalue weighted by Gasteiger charge is 2.13. The number of nitrogens with zero attached hydrogens (tertiary/aromatic N) is 2. The fraction of sp³-hybridized carbons (Fsp3) is 0.286. The van der Waals surface area contributed by atoms with Crippen LogP contribution in [0.15, 0.2) is 47.3 Å². The van der Waals surface area contributed by atoms with Crippen LogP contribution in [0.5, 0.6) is 5.75 Å². The Morgan fingerprint density at radius 2 is 1.85 bits per heavy atom. The van der Waals surface area contributed by atoms with Gasteiger partial charge in [-0.2, -0.15) is 4.98 Å². The number of rotatable bonds is 5. The molecule has 1 atom stereocenters. The maximum Gasteiger partial charge on any atom is 0.348 e. The first-order valence-corrected chi connectivity index (χ1v) is 8.79. The molecule has 0 bridgehead atoms. The van der Waals surface area contributed by atoms with E-state index in [1.54, 1.807) is 27.0 Å². The summed E-state index contributed by atoms with van der Waals surface area (Å²) < 4.78 is 6.62. The number of aromatic nitrogens is 2. The standard InChI is InChI=1S/C21H23N3O3/c1-13-9-14(2)24(21(26)22-13)12-20(25)23-15(3)16-5-6-18-11-19(27-4)8-7-17(18)10-16/h5-11,15H,12H2,1-4H3,(H,23,25). The van der Waals surface area contributed by atoms with Crippen molar-refractivity contribution in [3.63, 3.8) is 0 Å². The minimum atomic E-state index is -0.407. The molecule has 0 fully saturated rings. The molecule has 0 aliphatic rings. The van der Waals surface area contributed by atoms with E-state index in [0.29, 0.717) is 5.69 Å². The van der Waals surface area contributed by atoms with E-state index >= 15 is 0 Å². The molecule has 6 heteroatoms. The van der Waals surface area contributed by atoms with Gasteiger partial charge in [0.2, 0.25) is 5.91 Å². The van der Waals surface area contributed by atoms with Crippen LogP contribution in [0.3, 0.4) is 0 Å². The van der Waals surface area contributed by atoms with Crippen molar-refractivity contribution in [1.29, 1.82) is 0 Å². The number of methoxy groups -OCH3 is 1. The van der Waals surface area contributed by atoms with Crippen molar-refractivity contribution >= 4 is 16.7 Å². The second-order valence-corrected chi connectivity index (χ2v) is 6.67. The summed E-state index contributed by atoms with van der Waals surface area (Å²) in [6.45, 7) is 5.43. The van der Waals surface area contributed by atoms with Gasteiger partial charge in [0.05, 0.1) is 13.2 Å². The highest BCUT2D eigenvalue weighted by molar-refractivity contribution is 5.85. The maximum absolute atomic E-state index is 12.4. The molecule has 0 spiro atoms. The highest BCUT2D eigenvalue weighted by atomic mass is 16.5. The molecule has 1 unspecified atom stereocenters. The number of carbonyl (C=O) groups is 1. The number of ether oxygens (including phenoxy) is 1. The highest BCUT2D eigenvalue weighted by Crippen LogP contribution is 2.24. The van der Waals surface area contributed by atoms with Gasteiger partial charge < -0.3 is 10.1 Å². The maximum atomic E-state index is 12.4. The molecule has 1 aromatic heterocycles. The Kier molecular flexibility index (Phi) is 5.26. The van der Waals surface area contributed by atoms with Crippen LogP contribution < -0.4 is 15.7 Å². The Hall–Kier alpha value is -3.15. The largest absolute Gasteiger partial charge is 0.497 e. The Morgan fingerprint density at radius 1 is 1.15 bits per heavy atom. The van der Waals surface area contributed by atoms with Crippen LogP contribution in [-0.4, -0.2) is 22.6 Å². The molecule has 3 rings (SSSR count). The fourth-order valence-corrected chi connectivity index (χ4v) is 3.12. The van der Waals surface area contributed by atoms with E-state index in [1.807, 2.05) is 43.3 Å². The Labute approximate surface area is 157 Å². The van der Waals surface area contributed by atoms with Gasteiger partial charge in [0.15, 0.2) is 0 Å². The second kappa shape index (κ2) is 7.61. The zero-order valence-electron chi connectivity index (χ0n) is 15.9. The Morgan fingerprint density at radius 3 is 2.56 bits per heavy atom. The molecule has 27 heavy (non-hydrogen) atoms. The molecule has 2 aromatic carbocycles. The van der Waals surface area contributed by atoms with Crippen LogP contribution in [0.4, 0.5) is 0 Å².